The van der Waals surface area contributed by atoms with Crippen LogP contribution in [0.4, 0.5) is 0 Å². The van der Waals surface area contributed by atoms with Crippen LogP contribution in [0.25, 0.3) is 22.0 Å². The zero-order valence-electron chi connectivity index (χ0n) is 13.8. The van der Waals surface area contributed by atoms with Crippen molar-refractivity contribution in [3.05, 3.63) is 42.6 Å². The summed E-state index contributed by atoms with van der Waals surface area (Å²) in [6.45, 7) is 1.64. The molecule has 0 aliphatic carbocycles. The Morgan fingerprint density at radius 3 is 2.88 bits per heavy atom. The first kappa shape index (κ1) is 15.1. The number of hydrogen-bond acceptors (Lipinski definition) is 4. The summed E-state index contributed by atoms with van der Waals surface area (Å²) in [6, 6.07) is 12.4. The number of nitrogens with zero attached hydrogens (tertiary/aromatic N) is 3. The van der Waals surface area contributed by atoms with E-state index in [1.807, 2.05) is 23.0 Å². The molecule has 124 valence electrons. The zero-order valence-corrected chi connectivity index (χ0v) is 13.8. The number of benzene rings is 2. The summed E-state index contributed by atoms with van der Waals surface area (Å²) in [5.74, 6) is 0.869. The smallest absolute Gasteiger partial charge is 0.119 e. The Balaban J connectivity index is 1.56. The van der Waals surface area contributed by atoms with Crippen LogP contribution in [-0.2, 0) is 11.3 Å². The number of aromatic nitrogens is 3. The minimum absolute atomic E-state index is 0.261. The summed E-state index contributed by atoms with van der Waals surface area (Å²) in [5.41, 5.74) is 1.96. The molecule has 0 spiro atoms. The minimum Gasteiger partial charge on any atom is -0.497 e. The van der Waals surface area contributed by atoms with E-state index in [-0.39, 0.29) is 6.10 Å². The molecule has 2 aromatic carbocycles. The van der Waals surface area contributed by atoms with Gasteiger partial charge in [-0.15, -0.1) is 5.10 Å². The molecule has 3 aromatic rings. The van der Waals surface area contributed by atoms with Gasteiger partial charge in [0.25, 0.3) is 0 Å². The first-order chi connectivity index (χ1) is 11.8. The van der Waals surface area contributed by atoms with Crippen molar-refractivity contribution in [1.82, 2.24) is 15.0 Å². The molecule has 0 amide bonds. The van der Waals surface area contributed by atoms with Crippen LogP contribution in [0.5, 0.6) is 5.75 Å². The summed E-state index contributed by atoms with van der Waals surface area (Å²) in [7, 11) is 1.68. The number of rotatable bonds is 4. The highest BCUT2D eigenvalue weighted by molar-refractivity contribution is 5.87. The van der Waals surface area contributed by atoms with E-state index >= 15 is 0 Å². The van der Waals surface area contributed by atoms with Crippen LogP contribution in [0.2, 0.25) is 0 Å². The van der Waals surface area contributed by atoms with E-state index in [4.69, 9.17) is 9.47 Å². The van der Waals surface area contributed by atoms with Crippen LogP contribution in [0.3, 0.4) is 0 Å². The first-order valence-electron chi connectivity index (χ1n) is 8.42. The molecule has 1 saturated heterocycles. The van der Waals surface area contributed by atoms with Crippen molar-refractivity contribution in [2.24, 2.45) is 0 Å². The highest BCUT2D eigenvalue weighted by atomic mass is 16.5. The van der Waals surface area contributed by atoms with E-state index in [2.05, 4.69) is 34.6 Å². The lowest BCUT2D eigenvalue weighted by Gasteiger charge is -2.21. The molecule has 24 heavy (non-hydrogen) atoms. The maximum atomic E-state index is 5.78. The lowest BCUT2D eigenvalue weighted by Crippen LogP contribution is -2.24. The van der Waals surface area contributed by atoms with Crippen molar-refractivity contribution < 1.29 is 9.47 Å². The van der Waals surface area contributed by atoms with Gasteiger partial charge in [0.05, 0.1) is 26.0 Å². The van der Waals surface area contributed by atoms with Crippen molar-refractivity contribution in [1.29, 1.82) is 0 Å². The molecular weight excluding hydrogens is 302 g/mol. The zero-order chi connectivity index (χ0) is 16.4. The SMILES string of the molecule is COc1ccc2cc(-c3cn(CC4CCCCO4)nn3)ccc2c1. The number of hydrogen-bond donors (Lipinski definition) is 0. The second-order valence-corrected chi connectivity index (χ2v) is 6.24. The molecule has 4 rings (SSSR count). The van der Waals surface area contributed by atoms with E-state index in [0.717, 1.165) is 42.0 Å². The molecule has 0 N–H and O–H groups in total. The van der Waals surface area contributed by atoms with Gasteiger partial charge in [0, 0.05) is 12.2 Å². The summed E-state index contributed by atoms with van der Waals surface area (Å²) in [4.78, 5) is 0. The number of ether oxygens (including phenoxy) is 2. The van der Waals surface area contributed by atoms with Gasteiger partial charge in [-0.3, -0.25) is 0 Å². The summed E-state index contributed by atoms with van der Waals surface area (Å²) >= 11 is 0. The van der Waals surface area contributed by atoms with Gasteiger partial charge in [-0.2, -0.15) is 0 Å². The lowest BCUT2D eigenvalue weighted by molar-refractivity contribution is 0.00370. The molecule has 1 aliphatic heterocycles. The maximum Gasteiger partial charge on any atom is 0.119 e. The van der Waals surface area contributed by atoms with Crippen molar-refractivity contribution in [2.75, 3.05) is 13.7 Å². The molecule has 0 bridgehead atoms. The Bertz CT molecular complexity index is 837. The van der Waals surface area contributed by atoms with E-state index in [1.165, 1.54) is 18.2 Å². The predicted octanol–water partition coefficient (Wildman–Crippen LogP) is 3.68. The third-order valence-electron chi connectivity index (χ3n) is 4.55. The number of methoxy groups -OCH3 is 1. The maximum absolute atomic E-state index is 5.78. The Labute approximate surface area is 141 Å². The Morgan fingerprint density at radius 2 is 2.04 bits per heavy atom. The van der Waals surface area contributed by atoms with E-state index in [1.54, 1.807) is 7.11 Å². The highest BCUT2D eigenvalue weighted by Gasteiger charge is 2.15. The average molecular weight is 323 g/mol. The standard InChI is InChI=1S/C19H21N3O2/c1-23-17-8-7-14-10-16(6-5-15(14)11-17)19-13-22(21-20-19)12-18-4-2-3-9-24-18/h5-8,10-11,13,18H,2-4,9,12H2,1H3. The third kappa shape index (κ3) is 3.12. The van der Waals surface area contributed by atoms with Crippen LogP contribution in [-0.4, -0.2) is 34.8 Å². The van der Waals surface area contributed by atoms with Crippen LogP contribution in [0, 0.1) is 0 Å². The molecule has 5 nitrogen and oxygen atoms in total. The Morgan fingerprint density at radius 1 is 1.17 bits per heavy atom. The molecule has 1 aromatic heterocycles. The van der Waals surface area contributed by atoms with Crippen molar-refractivity contribution >= 4 is 10.8 Å². The van der Waals surface area contributed by atoms with Gasteiger partial charge in [-0.05, 0) is 48.2 Å². The van der Waals surface area contributed by atoms with Gasteiger partial charge in [0.2, 0.25) is 0 Å². The monoisotopic (exact) mass is 323 g/mol. The molecule has 5 heteroatoms. The van der Waals surface area contributed by atoms with Gasteiger partial charge in [-0.25, -0.2) is 4.68 Å². The summed E-state index contributed by atoms with van der Waals surface area (Å²) in [6.07, 6.45) is 5.77. The summed E-state index contributed by atoms with van der Waals surface area (Å²) < 4.78 is 12.9. The van der Waals surface area contributed by atoms with Crippen molar-refractivity contribution in [2.45, 2.75) is 31.9 Å². The van der Waals surface area contributed by atoms with Crippen LogP contribution in [0.15, 0.2) is 42.6 Å². The molecule has 1 unspecified atom stereocenters. The summed E-state index contributed by atoms with van der Waals surface area (Å²) in [5, 5.41) is 10.9. The molecule has 0 radical (unpaired) electrons. The molecule has 2 heterocycles. The highest BCUT2D eigenvalue weighted by Crippen LogP contribution is 2.26. The third-order valence-corrected chi connectivity index (χ3v) is 4.55. The van der Waals surface area contributed by atoms with Crippen molar-refractivity contribution in [3.63, 3.8) is 0 Å². The fourth-order valence-corrected chi connectivity index (χ4v) is 3.19. The average Bonchev–Trinajstić information content (AvgIpc) is 3.10. The lowest BCUT2D eigenvalue weighted by atomic mass is 10.1. The normalized spacial score (nSPS) is 18.0. The van der Waals surface area contributed by atoms with E-state index in [9.17, 15) is 0 Å². The van der Waals surface area contributed by atoms with Crippen molar-refractivity contribution in [3.8, 4) is 17.0 Å². The van der Waals surface area contributed by atoms with Gasteiger partial charge in [-0.1, -0.05) is 23.4 Å². The predicted molar refractivity (Wildman–Crippen MR) is 93.1 cm³/mol. The van der Waals surface area contributed by atoms with Gasteiger partial charge >= 0.3 is 0 Å². The second-order valence-electron chi connectivity index (χ2n) is 6.24. The van der Waals surface area contributed by atoms with E-state index in [0.29, 0.717) is 0 Å². The van der Waals surface area contributed by atoms with Gasteiger partial charge < -0.3 is 9.47 Å². The fourth-order valence-electron chi connectivity index (χ4n) is 3.19. The van der Waals surface area contributed by atoms with Crippen LogP contribution < -0.4 is 4.74 Å². The molecule has 1 atom stereocenters. The van der Waals surface area contributed by atoms with Crippen LogP contribution >= 0.6 is 0 Å². The number of fused-ring (bicyclic) bond motifs is 1. The van der Waals surface area contributed by atoms with Gasteiger partial charge in [0.1, 0.15) is 11.4 Å². The largest absolute Gasteiger partial charge is 0.497 e. The minimum atomic E-state index is 0.261. The Hall–Kier alpha value is -2.40. The molecule has 1 aliphatic rings. The molecule has 1 fully saturated rings. The fraction of sp³-hybridized carbons (Fsp3) is 0.368. The second kappa shape index (κ2) is 6.61. The van der Waals surface area contributed by atoms with Gasteiger partial charge in [0.15, 0.2) is 0 Å². The van der Waals surface area contributed by atoms with Crippen LogP contribution in [0.1, 0.15) is 19.3 Å². The van der Waals surface area contributed by atoms with E-state index < -0.39 is 0 Å². The first-order valence-corrected chi connectivity index (χ1v) is 8.42. The quantitative estimate of drug-likeness (QED) is 0.735. The molecular formula is C19H21N3O2. The molecule has 0 saturated carbocycles. The Kier molecular flexibility index (Phi) is 4.17. The topological polar surface area (TPSA) is 49.2 Å².